The summed E-state index contributed by atoms with van der Waals surface area (Å²) in [5.74, 6) is 3.32. The first-order chi connectivity index (χ1) is 20.3. The van der Waals surface area contributed by atoms with Crippen LogP contribution in [0.5, 0.6) is 5.75 Å². The Balaban J connectivity index is 1.16. The second kappa shape index (κ2) is 12.2. The number of benzene rings is 1. The second-order valence-electron chi connectivity index (χ2n) is 13.5. The molecule has 234 valence electrons. The van der Waals surface area contributed by atoms with Crippen LogP contribution in [0.15, 0.2) is 30.5 Å². The molecule has 3 heterocycles. The first-order valence-corrected chi connectivity index (χ1v) is 15.6. The molecule has 1 aliphatic heterocycles. The highest BCUT2D eigenvalue weighted by molar-refractivity contribution is 5.68. The molecular weight excluding hydrogens is 549 g/mol. The van der Waals surface area contributed by atoms with E-state index in [1.807, 2.05) is 51.6 Å². The molecule has 2 aromatic heterocycles. The van der Waals surface area contributed by atoms with Crippen molar-refractivity contribution < 1.29 is 18.7 Å². The summed E-state index contributed by atoms with van der Waals surface area (Å²) < 4.78 is 31.5. The molecule has 10 nitrogen and oxygen atoms in total. The normalized spacial score (nSPS) is 21.6. The summed E-state index contributed by atoms with van der Waals surface area (Å²) in [6.07, 6.45) is 5.15. The average Bonchev–Trinajstić information content (AvgIpc) is 3.61. The van der Waals surface area contributed by atoms with E-state index in [2.05, 4.69) is 51.1 Å². The van der Waals surface area contributed by atoms with E-state index in [0.29, 0.717) is 11.6 Å². The zero-order valence-corrected chi connectivity index (χ0v) is 26.6. The number of rotatable bonds is 7. The molecule has 0 spiro atoms. The summed E-state index contributed by atoms with van der Waals surface area (Å²) in [4.78, 5) is 14.0. The number of hydrogen-bond acceptors (Lipinski definition) is 7. The monoisotopic (exact) mass is 595 g/mol. The molecule has 0 bridgehead atoms. The Labute approximate surface area is 253 Å². The fraction of sp³-hybridized carbons (Fsp3) is 0.656. The van der Waals surface area contributed by atoms with E-state index in [1.54, 1.807) is 11.1 Å². The van der Waals surface area contributed by atoms with Gasteiger partial charge >= 0.3 is 6.09 Å². The standard InChI is InChI=1S/C32H46FN7O3/c1-21(2)24-9-8-10-26(19-24)42-22(3)28-35-36-29(38(28)7)23-11-13-25(14-12-23)40-20-27(34-37-40)32(33)15-17-39(18-16-32)30(41)43-31(4,5)6/h8-10,19-23,25H,11-18H2,1-7H3/t22-,23?,25?/m1/s1. The van der Waals surface area contributed by atoms with Gasteiger partial charge in [0.1, 0.15) is 22.9 Å². The third-order valence-electron chi connectivity index (χ3n) is 8.76. The molecular formula is C32H46FN7O3. The Morgan fingerprint density at radius 1 is 1.05 bits per heavy atom. The molecule has 0 radical (unpaired) electrons. The molecule has 1 atom stereocenters. The lowest BCUT2D eigenvalue weighted by Gasteiger charge is -2.36. The number of nitrogens with zero attached hydrogens (tertiary/aromatic N) is 7. The van der Waals surface area contributed by atoms with Gasteiger partial charge in [-0.1, -0.05) is 31.2 Å². The number of piperidine rings is 1. The summed E-state index contributed by atoms with van der Waals surface area (Å²) >= 11 is 0. The predicted octanol–water partition coefficient (Wildman–Crippen LogP) is 6.76. The molecule has 0 unspecified atom stereocenters. The van der Waals surface area contributed by atoms with Crippen LogP contribution < -0.4 is 4.74 Å². The van der Waals surface area contributed by atoms with Crippen LogP contribution in [-0.2, 0) is 17.5 Å². The van der Waals surface area contributed by atoms with Gasteiger partial charge < -0.3 is 18.9 Å². The quantitative estimate of drug-likeness (QED) is 0.297. The molecule has 1 aromatic carbocycles. The van der Waals surface area contributed by atoms with E-state index >= 15 is 4.39 Å². The van der Waals surface area contributed by atoms with Crippen molar-refractivity contribution in [3.05, 3.63) is 53.4 Å². The fourth-order valence-electron chi connectivity index (χ4n) is 6.15. The summed E-state index contributed by atoms with van der Waals surface area (Å²) in [5.41, 5.74) is -0.586. The number of carbonyl (C=O) groups excluding carboxylic acids is 1. The molecule has 3 aromatic rings. The highest BCUT2D eigenvalue weighted by atomic mass is 19.1. The van der Waals surface area contributed by atoms with Crippen molar-refractivity contribution in [2.24, 2.45) is 7.05 Å². The summed E-state index contributed by atoms with van der Waals surface area (Å²) in [5, 5.41) is 17.7. The lowest BCUT2D eigenvalue weighted by atomic mass is 9.85. The average molecular weight is 596 g/mol. The number of likely N-dealkylation sites (tertiary alicyclic amines) is 1. The third-order valence-corrected chi connectivity index (χ3v) is 8.76. The number of amides is 1. The molecule has 11 heteroatoms. The SMILES string of the molecule is CC(C)c1cccc(O[C@H](C)c2nnc(C3CCC(n4cc(C5(F)CCN(C(=O)OC(C)(C)C)CC5)nn4)CC3)n2C)c1. The molecule has 2 aliphatic rings. The molecule has 1 aliphatic carbocycles. The van der Waals surface area contributed by atoms with Crippen molar-refractivity contribution in [2.45, 2.75) is 115 Å². The molecule has 43 heavy (non-hydrogen) atoms. The molecule has 1 amide bonds. The number of halogens is 1. The van der Waals surface area contributed by atoms with Crippen LogP contribution in [0.1, 0.15) is 127 Å². The van der Waals surface area contributed by atoms with Crippen LogP contribution in [0.25, 0.3) is 0 Å². The Bertz CT molecular complexity index is 1400. The van der Waals surface area contributed by atoms with Crippen LogP contribution in [-0.4, -0.2) is 59.4 Å². The van der Waals surface area contributed by atoms with Crippen LogP contribution in [0.4, 0.5) is 9.18 Å². The van der Waals surface area contributed by atoms with Gasteiger partial charge in [0, 0.05) is 38.9 Å². The fourth-order valence-corrected chi connectivity index (χ4v) is 6.15. The van der Waals surface area contributed by atoms with Crippen molar-refractivity contribution in [3.8, 4) is 5.75 Å². The van der Waals surface area contributed by atoms with Gasteiger partial charge in [0.15, 0.2) is 17.6 Å². The van der Waals surface area contributed by atoms with Gasteiger partial charge in [-0.3, -0.25) is 0 Å². The highest BCUT2D eigenvalue weighted by Gasteiger charge is 2.41. The maximum absolute atomic E-state index is 15.9. The minimum absolute atomic E-state index is 0.158. The molecule has 2 fully saturated rings. The highest BCUT2D eigenvalue weighted by Crippen LogP contribution is 2.40. The van der Waals surface area contributed by atoms with Crippen molar-refractivity contribution in [2.75, 3.05) is 13.1 Å². The Morgan fingerprint density at radius 2 is 1.74 bits per heavy atom. The van der Waals surface area contributed by atoms with E-state index in [-0.39, 0.29) is 44.0 Å². The molecule has 1 saturated heterocycles. The summed E-state index contributed by atoms with van der Waals surface area (Å²) in [6.45, 7) is 12.4. The van der Waals surface area contributed by atoms with Gasteiger partial charge in [0.2, 0.25) is 0 Å². The van der Waals surface area contributed by atoms with Crippen molar-refractivity contribution in [3.63, 3.8) is 0 Å². The predicted molar refractivity (Wildman–Crippen MR) is 161 cm³/mol. The van der Waals surface area contributed by atoms with Crippen molar-refractivity contribution >= 4 is 6.09 Å². The van der Waals surface area contributed by atoms with Gasteiger partial charge in [-0.15, -0.1) is 15.3 Å². The van der Waals surface area contributed by atoms with E-state index in [0.717, 1.165) is 43.1 Å². The first-order valence-electron chi connectivity index (χ1n) is 15.6. The number of ether oxygens (including phenoxy) is 2. The number of alkyl halides is 1. The second-order valence-corrected chi connectivity index (χ2v) is 13.5. The Kier molecular flexibility index (Phi) is 8.81. The molecule has 5 rings (SSSR count). The minimum atomic E-state index is -1.60. The van der Waals surface area contributed by atoms with E-state index < -0.39 is 17.4 Å². The minimum Gasteiger partial charge on any atom is -0.483 e. The topological polar surface area (TPSA) is 100 Å². The molecule has 0 N–H and O–H groups in total. The molecule has 1 saturated carbocycles. The Morgan fingerprint density at radius 3 is 2.40 bits per heavy atom. The van der Waals surface area contributed by atoms with Crippen molar-refractivity contribution in [1.29, 1.82) is 0 Å². The largest absolute Gasteiger partial charge is 0.483 e. The van der Waals surface area contributed by atoms with Gasteiger partial charge in [0.05, 0.1) is 12.2 Å². The van der Waals surface area contributed by atoms with Gasteiger partial charge in [-0.05, 0) is 77.0 Å². The number of hydrogen-bond donors (Lipinski definition) is 0. The van der Waals surface area contributed by atoms with E-state index in [9.17, 15) is 4.79 Å². The van der Waals surface area contributed by atoms with Crippen LogP contribution >= 0.6 is 0 Å². The smallest absolute Gasteiger partial charge is 0.410 e. The van der Waals surface area contributed by atoms with Crippen LogP contribution in [0.3, 0.4) is 0 Å². The zero-order valence-electron chi connectivity index (χ0n) is 26.6. The van der Waals surface area contributed by atoms with Gasteiger partial charge in [-0.2, -0.15) is 0 Å². The van der Waals surface area contributed by atoms with Crippen LogP contribution in [0.2, 0.25) is 0 Å². The Hall–Kier alpha value is -3.50. The maximum Gasteiger partial charge on any atom is 0.410 e. The van der Waals surface area contributed by atoms with Gasteiger partial charge in [0.25, 0.3) is 0 Å². The summed E-state index contributed by atoms with van der Waals surface area (Å²) in [7, 11) is 2.01. The first kappa shape index (κ1) is 30.9. The van der Waals surface area contributed by atoms with E-state index in [1.165, 1.54) is 5.56 Å². The number of aromatic nitrogens is 6. The maximum atomic E-state index is 15.9. The van der Waals surface area contributed by atoms with Gasteiger partial charge in [-0.25, -0.2) is 13.9 Å². The number of carbonyl (C=O) groups is 1. The lowest BCUT2D eigenvalue weighted by molar-refractivity contribution is 0.00123. The summed E-state index contributed by atoms with van der Waals surface area (Å²) in [6, 6.07) is 8.37. The van der Waals surface area contributed by atoms with Crippen molar-refractivity contribution in [1.82, 2.24) is 34.7 Å². The lowest BCUT2D eigenvalue weighted by Crippen LogP contribution is -2.45. The van der Waals surface area contributed by atoms with E-state index in [4.69, 9.17) is 9.47 Å². The van der Waals surface area contributed by atoms with Crippen LogP contribution in [0, 0.1) is 0 Å². The zero-order chi connectivity index (χ0) is 30.9. The third kappa shape index (κ3) is 7.02.